The SMILES string of the molecule is CN[C@@H](C)C(=O)N[C@H](C(=O)N1CCC[C@H]1Cc1c(-c2ccc(F)cc2)n(C2OC[C@@H](O)[C@H](O)[C@H]2C)c2cc(F)ccc12)C(C)(C)C. The van der Waals surface area contributed by atoms with Crippen LogP contribution < -0.4 is 10.6 Å². The van der Waals surface area contributed by atoms with Crippen LogP contribution in [0.1, 0.15) is 59.3 Å². The zero-order valence-corrected chi connectivity index (χ0v) is 27.4. The Hall–Kier alpha value is -3.38. The number of benzene rings is 2. The lowest BCUT2D eigenvalue weighted by atomic mass is 9.85. The molecule has 11 heteroatoms. The third-order valence-corrected chi connectivity index (χ3v) is 9.59. The first-order valence-electron chi connectivity index (χ1n) is 16.1. The van der Waals surface area contributed by atoms with E-state index in [-0.39, 0.29) is 24.5 Å². The number of aromatic nitrogens is 1. The summed E-state index contributed by atoms with van der Waals surface area (Å²) in [7, 11) is 1.69. The molecule has 2 aliphatic heterocycles. The van der Waals surface area contributed by atoms with Gasteiger partial charge < -0.3 is 35.1 Å². The van der Waals surface area contributed by atoms with Gasteiger partial charge in [-0.25, -0.2) is 8.78 Å². The number of ether oxygens (including phenoxy) is 1. The fourth-order valence-corrected chi connectivity index (χ4v) is 6.81. The Morgan fingerprint density at radius 1 is 1.09 bits per heavy atom. The quantitative estimate of drug-likeness (QED) is 0.294. The first-order valence-corrected chi connectivity index (χ1v) is 16.1. The number of carbonyl (C=O) groups is 2. The molecule has 2 aromatic carbocycles. The molecule has 2 aliphatic rings. The number of amides is 2. The lowest BCUT2D eigenvalue weighted by molar-refractivity contribution is -0.177. The molecule has 1 aromatic heterocycles. The Morgan fingerprint density at radius 2 is 1.76 bits per heavy atom. The molecule has 250 valence electrons. The maximum Gasteiger partial charge on any atom is 0.245 e. The molecule has 3 aromatic rings. The highest BCUT2D eigenvalue weighted by atomic mass is 19.1. The fourth-order valence-electron chi connectivity index (χ4n) is 6.81. The number of nitrogens with one attached hydrogen (secondary N) is 2. The van der Waals surface area contributed by atoms with Crippen LogP contribution in [0, 0.1) is 23.0 Å². The Kier molecular flexibility index (Phi) is 9.89. The summed E-state index contributed by atoms with van der Waals surface area (Å²) in [6.45, 7) is 9.71. The van der Waals surface area contributed by atoms with E-state index in [2.05, 4.69) is 10.6 Å². The minimum absolute atomic E-state index is 0.111. The minimum atomic E-state index is -1.08. The number of likely N-dealkylation sites (tertiary alicyclic amines) is 1. The van der Waals surface area contributed by atoms with Gasteiger partial charge in [-0.15, -0.1) is 0 Å². The van der Waals surface area contributed by atoms with Crippen molar-refractivity contribution >= 4 is 22.7 Å². The van der Waals surface area contributed by atoms with Gasteiger partial charge in [0, 0.05) is 23.9 Å². The highest BCUT2D eigenvalue weighted by Gasteiger charge is 2.42. The van der Waals surface area contributed by atoms with Gasteiger partial charge in [0.15, 0.2) is 0 Å². The molecule has 0 radical (unpaired) electrons. The lowest BCUT2D eigenvalue weighted by Crippen LogP contribution is -2.58. The summed E-state index contributed by atoms with van der Waals surface area (Å²) in [5.41, 5.74) is 2.15. The predicted octanol–water partition coefficient (Wildman–Crippen LogP) is 4.15. The predicted molar refractivity (Wildman–Crippen MR) is 172 cm³/mol. The average Bonchev–Trinajstić information content (AvgIpc) is 3.60. The van der Waals surface area contributed by atoms with Gasteiger partial charge in [-0.1, -0.05) is 27.7 Å². The molecule has 2 fully saturated rings. The summed E-state index contributed by atoms with van der Waals surface area (Å²) in [6.07, 6.45) is -0.983. The first-order chi connectivity index (χ1) is 21.7. The highest BCUT2D eigenvalue weighted by molar-refractivity contribution is 5.93. The molecular weight excluding hydrogens is 594 g/mol. The van der Waals surface area contributed by atoms with E-state index in [0.717, 1.165) is 23.8 Å². The van der Waals surface area contributed by atoms with E-state index in [4.69, 9.17) is 4.74 Å². The number of likely N-dealkylation sites (N-methyl/N-ethyl adjacent to an activating group) is 1. The molecule has 46 heavy (non-hydrogen) atoms. The molecule has 2 amide bonds. The van der Waals surface area contributed by atoms with Gasteiger partial charge in [0.25, 0.3) is 0 Å². The van der Waals surface area contributed by atoms with E-state index in [1.807, 2.05) is 30.2 Å². The molecule has 7 atom stereocenters. The number of fused-ring (bicyclic) bond motifs is 1. The summed E-state index contributed by atoms with van der Waals surface area (Å²) in [5, 5.41) is 27.8. The number of rotatable bonds is 8. The van der Waals surface area contributed by atoms with Gasteiger partial charge >= 0.3 is 0 Å². The summed E-state index contributed by atoms with van der Waals surface area (Å²) in [5.74, 6) is -1.84. The smallest absolute Gasteiger partial charge is 0.245 e. The molecule has 5 rings (SSSR count). The number of nitrogens with zero attached hydrogens (tertiary/aromatic N) is 2. The van der Waals surface area contributed by atoms with Crippen molar-refractivity contribution in [1.82, 2.24) is 20.1 Å². The van der Waals surface area contributed by atoms with Crippen LogP contribution in [0.4, 0.5) is 8.78 Å². The van der Waals surface area contributed by atoms with Crippen LogP contribution in [-0.4, -0.2) is 82.0 Å². The van der Waals surface area contributed by atoms with E-state index in [1.54, 1.807) is 39.1 Å². The van der Waals surface area contributed by atoms with Crippen LogP contribution in [-0.2, 0) is 20.7 Å². The normalized spacial score (nSPS) is 25.1. The van der Waals surface area contributed by atoms with E-state index in [0.29, 0.717) is 29.7 Å². The van der Waals surface area contributed by atoms with Crippen LogP contribution in [0.2, 0.25) is 0 Å². The third-order valence-electron chi connectivity index (χ3n) is 9.59. The standard InChI is InChI=1S/C35H46F2N4O5/c1-19-30(43)28(42)18-46-34(19)41-27-16-23(37)13-14-25(27)26(29(41)21-9-11-22(36)12-10-21)17-24-8-7-15-40(24)33(45)31(35(3,4)5)39-32(44)20(2)38-6/h9-14,16,19-20,24,28,30-31,34,38,42-43H,7-8,15,17-18H2,1-6H3,(H,39,44)/t19-,20+,24+,28-,30-,31-,34?/m1/s1. The zero-order chi connectivity index (χ0) is 33.5. The zero-order valence-electron chi connectivity index (χ0n) is 27.4. The molecule has 0 spiro atoms. The fraction of sp³-hybridized carbons (Fsp3) is 0.543. The van der Waals surface area contributed by atoms with Crippen molar-refractivity contribution in [2.75, 3.05) is 20.2 Å². The molecule has 4 N–H and O–H groups in total. The van der Waals surface area contributed by atoms with Gasteiger partial charge in [0.05, 0.1) is 30.0 Å². The van der Waals surface area contributed by atoms with Gasteiger partial charge in [0.2, 0.25) is 11.8 Å². The van der Waals surface area contributed by atoms with Crippen molar-refractivity contribution in [3.05, 3.63) is 59.7 Å². The molecular formula is C35H46F2N4O5. The van der Waals surface area contributed by atoms with Crippen LogP contribution in [0.25, 0.3) is 22.2 Å². The summed E-state index contributed by atoms with van der Waals surface area (Å²) in [6, 6.07) is 9.10. The van der Waals surface area contributed by atoms with Crippen LogP contribution in [0.3, 0.4) is 0 Å². The molecule has 0 saturated carbocycles. The number of carbonyl (C=O) groups excluding carboxylic acids is 2. The van der Waals surface area contributed by atoms with E-state index < -0.39 is 53.5 Å². The molecule has 9 nitrogen and oxygen atoms in total. The van der Waals surface area contributed by atoms with Crippen molar-refractivity contribution < 1.29 is 33.3 Å². The van der Waals surface area contributed by atoms with Crippen LogP contribution in [0.15, 0.2) is 42.5 Å². The number of halogens is 2. The molecule has 1 unspecified atom stereocenters. The maximum atomic E-state index is 14.9. The third kappa shape index (κ3) is 6.56. The van der Waals surface area contributed by atoms with Crippen molar-refractivity contribution in [2.24, 2.45) is 11.3 Å². The Bertz CT molecular complexity index is 1570. The number of hydrogen-bond donors (Lipinski definition) is 4. The number of aliphatic hydroxyl groups excluding tert-OH is 2. The molecule has 2 saturated heterocycles. The van der Waals surface area contributed by atoms with Crippen LogP contribution in [0.5, 0.6) is 0 Å². The van der Waals surface area contributed by atoms with Gasteiger partial charge in [-0.05, 0) is 92.2 Å². The lowest BCUT2D eigenvalue weighted by Gasteiger charge is -2.38. The second-order valence-electron chi connectivity index (χ2n) is 13.9. The molecule has 0 aliphatic carbocycles. The molecule has 0 bridgehead atoms. The Balaban J connectivity index is 1.61. The van der Waals surface area contributed by atoms with E-state index in [1.165, 1.54) is 24.3 Å². The Labute approximate surface area is 268 Å². The van der Waals surface area contributed by atoms with Gasteiger partial charge in [0.1, 0.15) is 30.0 Å². The second kappa shape index (κ2) is 13.4. The number of hydrogen-bond acceptors (Lipinski definition) is 6. The molecule has 3 heterocycles. The van der Waals surface area contributed by atoms with Crippen molar-refractivity contribution in [2.45, 2.75) is 90.4 Å². The van der Waals surface area contributed by atoms with Gasteiger partial charge in [-0.2, -0.15) is 0 Å². The first kappa shape index (κ1) is 34.0. The van der Waals surface area contributed by atoms with Crippen molar-refractivity contribution in [1.29, 1.82) is 0 Å². The highest BCUT2D eigenvalue weighted by Crippen LogP contribution is 2.43. The Morgan fingerprint density at radius 3 is 2.41 bits per heavy atom. The topological polar surface area (TPSA) is 116 Å². The minimum Gasteiger partial charge on any atom is -0.390 e. The van der Waals surface area contributed by atoms with Crippen molar-refractivity contribution in [3.8, 4) is 11.3 Å². The van der Waals surface area contributed by atoms with Crippen molar-refractivity contribution in [3.63, 3.8) is 0 Å². The summed E-state index contributed by atoms with van der Waals surface area (Å²) >= 11 is 0. The van der Waals surface area contributed by atoms with E-state index >= 15 is 0 Å². The summed E-state index contributed by atoms with van der Waals surface area (Å²) in [4.78, 5) is 29.0. The average molecular weight is 641 g/mol. The summed E-state index contributed by atoms with van der Waals surface area (Å²) < 4.78 is 37.0. The van der Waals surface area contributed by atoms with Gasteiger partial charge in [-0.3, -0.25) is 9.59 Å². The van der Waals surface area contributed by atoms with E-state index in [9.17, 15) is 28.6 Å². The largest absolute Gasteiger partial charge is 0.390 e. The second-order valence-corrected chi connectivity index (χ2v) is 13.9. The maximum absolute atomic E-state index is 14.9. The monoisotopic (exact) mass is 640 g/mol. The number of aliphatic hydroxyl groups is 2. The van der Waals surface area contributed by atoms with Crippen LogP contribution >= 0.6 is 0 Å².